The van der Waals surface area contributed by atoms with Gasteiger partial charge in [-0.1, -0.05) is 0 Å². The van der Waals surface area contributed by atoms with E-state index in [0.717, 1.165) is 0 Å². The SMILES string of the molecule is CP(OC(C(F)(F)F)C(F)(F)F)OC(C(F)(F)F)C(F)(F)F. The van der Waals surface area contributed by atoms with Gasteiger partial charge in [-0.05, 0) is 0 Å². The molecule has 0 amide bonds. The largest absolute Gasteiger partial charge is 0.424 e. The maximum atomic E-state index is 12.0. The fourth-order valence-electron chi connectivity index (χ4n) is 0.932. The Bertz CT molecular complexity index is 292. The molecule has 0 radical (unpaired) electrons. The van der Waals surface area contributed by atoms with Crippen LogP contribution in [0.4, 0.5) is 52.7 Å². The Morgan fingerprint density at radius 3 is 0.864 bits per heavy atom. The summed E-state index contributed by atoms with van der Waals surface area (Å²) in [5.74, 6) is 0. The summed E-state index contributed by atoms with van der Waals surface area (Å²) in [7, 11) is -3.80. The molecule has 0 aliphatic carbocycles. The van der Waals surface area contributed by atoms with E-state index in [2.05, 4.69) is 9.05 Å². The lowest BCUT2D eigenvalue weighted by atomic mass is 10.3. The maximum absolute atomic E-state index is 12.0. The minimum absolute atomic E-state index is 0.101. The predicted molar refractivity (Wildman–Crippen MR) is 46.8 cm³/mol. The Kier molecular flexibility index (Phi) is 6.41. The molecule has 0 aliphatic heterocycles. The van der Waals surface area contributed by atoms with Crippen LogP contribution in [0.2, 0.25) is 0 Å². The van der Waals surface area contributed by atoms with E-state index in [-0.39, 0.29) is 6.66 Å². The fourth-order valence-corrected chi connectivity index (χ4v) is 2.05. The molecule has 0 aromatic heterocycles. The maximum Gasteiger partial charge on any atom is 0.424 e. The van der Waals surface area contributed by atoms with Crippen molar-refractivity contribution < 1.29 is 61.7 Å². The van der Waals surface area contributed by atoms with Crippen LogP contribution in [0.1, 0.15) is 0 Å². The first-order valence-corrected chi connectivity index (χ1v) is 6.33. The Morgan fingerprint density at radius 2 is 0.727 bits per heavy atom. The van der Waals surface area contributed by atoms with E-state index in [1.54, 1.807) is 0 Å². The quantitative estimate of drug-likeness (QED) is 0.508. The van der Waals surface area contributed by atoms with Gasteiger partial charge in [-0.2, -0.15) is 52.7 Å². The van der Waals surface area contributed by atoms with Crippen LogP contribution in [-0.2, 0) is 9.05 Å². The molecular formula is C7H5F12O2P. The first-order valence-electron chi connectivity index (χ1n) is 4.71. The molecule has 15 heteroatoms. The topological polar surface area (TPSA) is 18.5 Å². The second-order valence-corrected chi connectivity index (χ2v) is 4.88. The molecule has 0 unspecified atom stereocenters. The van der Waals surface area contributed by atoms with Gasteiger partial charge in [0, 0.05) is 6.66 Å². The van der Waals surface area contributed by atoms with Crippen LogP contribution in [0, 0.1) is 0 Å². The monoisotopic (exact) mass is 380 g/mol. The summed E-state index contributed by atoms with van der Waals surface area (Å²) in [6.45, 7) is 0.101. The summed E-state index contributed by atoms with van der Waals surface area (Å²) in [5.41, 5.74) is 0. The molecule has 0 rings (SSSR count). The average Bonchev–Trinajstić information content (AvgIpc) is 2.15. The van der Waals surface area contributed by atoms with Crippen LogP contribution in [0.25, 0.3) is 0 Å². The molecule has 0 fully saturated rings. The molecule has 0 atom stereocenters. The van der Waals surface area contributed by atoms with E-state index in [9.17, 15) is 52.7 Å². The number of halogens is 12. The van der Waals surface area contributed by atoms with Gasteiger partial charge in [-0.15, -0.1) is 0 Å². The van der Waals surface area contributed by atoms with Crippen molar-refractivity contribution in [3.63, 3.8) is 0 Å². The number of rotatable bonds is 4. The van der Waals surface area contributed by atoms with E-state index in [4.69, 9.17) is 0 Å². The van der Waals surface area contributed by atoms with Gasteiger partial charge in [0.25, 0.3) is 12.2 Å². The molecule has 0 bridgehead atoms. The third kappa shape index (κ3) is 6.73. The fraction of sp³-hybridized carbons (Fsp3) is 1.00. The van der Waals surface area contributed by atoms with Gasteiger partial charge in [0.05, 0.1) is 0 Å². The first kappa shape index (κ1) is 21.5. The highest BCUT2D eigenvalue weighted by Gasteiger charge is 2.61. The van der Waals surface area contributed by atoms with Gasteiger partial charge in [0.2, 0.25) is 0 Å². The minimum Gasteiger partial charge on any atom is -0.312 e. The molecular weight excluding hydrogens is 375 g/mol. The van der Waals surface area contributed by atoms with Crippen LogP contribution >= 0.6 is 8.38 Å². The molecule has 0 saturated carbocycles. The van der Waals surface area contributed by atoms with Crippen molar-refractivity contribution in [2.75, 3.05) is 6.66 Å². The summed E-state index contributed by atoms with van der Waals surface area (Å²) < 4.78 is 151. The number of hydrogen-bond acceptors (Lipinski definition) is 2. The van der Waals surface area contributed by atoms with Crippen molar-refractivity contribution in [2.45, 2.75) is 36.9 Å². The zero-order valence-corrected chi connectivity index (χ0v) is 10.8. The summed E-state index contributed by atoms with van der Waals surface area (Å²) in [6, 6.07) is 0. The summed E-state index contributed by atoms with van der Waals surface area (Å²) in [6.07, 6.45) is -33.5. The Morgan fingerprint density at radius 1 is 0.545 bits per heavy atom. The molecule has 22 heavy (non-hydrogen) atoms. The van der Waals surface area contributed by atoms with Crippen LogP contribution in [0.3, 0.4) is 0 Å². The average molecular weight is 380 g/mol. The highest BCUT2D eigenvalue weighted by Crippen LogP contribution is 2.49. The van der Waals surface area contributed by atoms with Gasteiger partial charge in [0.15, 0.2) is 8.38 Å². The van der Waals surface area contributed by atoms with E-state index in [1.165, 1.54) is 0 Å². The number of hydrogen-bond donors (Lipinski definition) is 0. The molecule has 0 spiro atoms. The summed E-state index contributed by atoms with van der Waals surface area (Å²) in [5, 5.41) is 0. The number of alkyl halides is 12. The highest BCUT2D eigenvalue weighted by atomic mass is 31.2. The zero-order valence-electron chi connectivity index (χ0n) is 9.95. The Balaban J connectivity index is 5.15. The molecule has 0 saturated heterocycles. The lowest BCUT2D eigenvalue weighted by Crippen LogP contribution is -2.45. The van der Waals surface area contributed by atoms with Gasteiger partial charge >= 0.3 is 24.7 Å². The van der Waals surface area contributed by atoms with Crippen molar-refractivity contribution in [1.82, 2.24) is 0 Å². The second kappa shape index (κ2) is 6.56. The molecule has 0 aliphatic rings. The van der Waals surface area contributed by atoms with Crippen molar-refractivity contribution in [1.29, 1.82) is 0 Å². The minimum atomic E-state index is -6.09. The lowest BCUT2D eigenvalue weighted by molar-refractivity contribution is -0.310. The first-order chi connectivity index (χ1) is 9.37. The summed E-state index contributed by atoms with van der Waals surface area (Å²) in [4.78, 5) is 0. The van der Waals surface area contributed by atoms with Crippen molar-refractivity contribution >= 4 is 8.38 Å². The standard InChI is InChI=1S/C7H5F12O2P/c1-22(20-2(4(8,9)10)5(11,12)13)21-3(6(14,15)16)7(17,18)19/h2-3H,1H3. The highest BCUT2D eigenvalue weighted by molar-refractivity contribution is 7.46. The van der Waals surface area contributed by atoms with Crippen LogP contribution in [0.5, 0.6) is 0 Å². The third-order valence-electron chi connectivity index (χ3n) is 1.70. The van der Waals surface area contributed by atoms with E-state index < -0.39 is 45.3 Å². The van der Waals surface area contributed by atoms with Gasteiger partial charge in [-0.3, -0.25) is 0 Å². The van der Waals surface area contributed by atoms with Crippen molar-refractivity contribution in [3.05, 3.63) is 0 Å². The van der Waals surface area contributed by atoms with Gasteiger partial charge in [0.1, 0.15) is 0 Å². The van der Waals surface area contributed by atoms with Crippen molar-refractivity contribution in [2.24, 2.45) is 0 Å². The van der Waals surface area contributed by atoms with Gasteiger partial charge < -0.3 is 9.05 Å². The predicted octanol–water partition coefficient (Wildman–Crippen LogP) is 4.95. The van der Waals surface area contributed by atoms with Crippen molar-refractivity contribution in [3.8, 4) is 0 Å². The zero-order chi connectivity index (χ0) is 18.1. The Labute approximate surface area is 115 Å². The molecule has 0 heterocycles. The van der Waals surface area contributed by atoms with E-state index in [1.807, 2.05) is 0 Å². The van der Waals surface area contributed by atoms with E-state index >= 15 is 0 Å². The molecule has 0 aromatic carbocycles. The van der Waals surface area contributed by atoms with Crippen LogP contribution < -0.4 is 0 Å². The lowest BCUT2D eigenvalue weighted by Gasteiger charge is -2.29. The second-order valence-electron chi connectivity index (χ2n) is 3.58. The Hall–Kier alpha value is -0.490. The third-order valence-corrected chi connectivity index (χ3v) is 2.71. The molecule has 0 N–H and O–H groups in total. The van der Waals surface area contributed by atoms with E-state index in [0.29, 0.717) is 0 Å². The summed E-state index contributed by atoms with van der Waals surface area (Å²) >= 11 is 0. The smallest absolute Gasteiger partial charge is 0.312 e. The van der Waals surface area contributed by atoms with Crippen LogP contribution in [0.15, 0.2) is 0 Å². The molecule has 2 nitrogen and oxygen atoms in total. The molecule has 0 aromatic rings. The molecule has 134 valence electrons. The van der Waals surface area contributed by atoms with Crippen LogP contribution in [-0.4, -0.2) is 43.6 Å². The normalized spacial score (nSPS) is 15.3. The van der Waals surface area contributed by atoms with Gasteiger partial charge in [-0.25, -0.2) is 0 Å².